The number of rotatable bonds is 6. The maximum Gasteiger partial charge on any atom is 0.337 e. The molecule has 3 heterocycles. The molecule has 3 aromatic carbocycles. The van der Waals surface area contributed by atoms with Crippen LogP contribution in [0.25, 0.3) is 21.3 Å². The number of aliphatic carboxylic acids is 1. The number of aryl methyl sites for hydroxylation is 1. The van der Waals surface area contributed by atoms with Crippen LogP contribution < -0.4 is 9.91 Å². The number of fused-ring (bicyclic) bond motifs is 2. The molecule has 9 nitrogen and oxygen atoms in total. The molecule has 2 aliphatic heterocycles. The third-order valence-corrected chi connectivity index (χ3v) is 9.90. The van der Waals surface area contributed by atoms with E-state index in [-0.39, 0.29) is 5.91 Å². The first-order valence-corrected chi connectivity index (χ1v) is 16.1. The number of carboxylic acid groups (broad SMARTS) is 1. The van der Waals surface area contributed by atoms with Crippen LogP contribution in [0.5, 0.6) is 0 Å². The van der Waals surface area contributed by atoms with Crippen LogP contribution in [0, 0.1) is 6.92 Å². The molecule has 1 N–H and O–H groups in total. The number of anilines is 2. The Kier molecular flexibility index (Phi) is 8.16. The predicted molar refractivity (Wildman–Crippen MR) is 180 cm³/mol. The Balaban J connectivity index is 1.46. The minimum atomic E-state index is -1.21. The molecular formula is C34H38ClN5O4S. The molecule has 2 unspecified atom stereocenters. The molecule has 236 valence electrons. The van der Waals surface area contributed by atoms with E-state index in [9.17, 15) is 14.7 Å². The van der Waals surface area contributed by atoms with Crippen molar-refractivity contribution in [3.8, 4) is 11.1 Å². The Hall–Kier alpha value is -3.54. The maximum atomic E-state index is 14.2. The van der Waals surface area contributed by atoms with Gasteiger partial charge >= 0.3 is 5.97 Å². The standard InChI is InChI=1S/C34H38ClN5O4S/c1-19-16-24-30(27(20-8-11-23(35)12-9-20)26(19)29(32(42)43)44-34(2,3)4)45-33(36-24)40-15-14-37(5)28(31(40)41)21-10-13-25-22(17-21)18-38(6)39(25)7/h8-13,16-17,28-29H,14-15,18H2,1-7H3,(H,42,43). The SMILES string of the molecule is Cc1cc2nc(N3CCN(C)C(c4ccc5c(c4)CN(C)N5C)C3=O)sc2c(-c2ccc(Cl)cc2)c1C(OC(C)(C)C)C(=O)O. The molecule has 4 aromatic rings. The fraction of sp³-hybridized carbons (Fsp3) is 0.382. The lowest BCUT2D eigenvalue weighted by atomic mass is 9.91. The molecule has 0 bridgehead atoms. The van der Waals surface area contributed by atoms with Crippen molar-refractivity contribution in [2.75, 3.05) is 44.1 Å². The number of carbonyl (C=O) groups excluding carboxylic acids is 1. The summed E-state index contributed by atoms with van der Waals surface area (Å²) in [5.41, 5.74) is 6.14. The molecule has 1 amide bonds. The molecular weight excluding hydrogens is 610 g/mol. The number of aromatic nitrogens is 1. The van der Waals surface area contributed by atoms with E-state index < -0.39 is 23.7 Å². The molecule has 1 fully saturated rings. The summed E-state index contributed by atoms with van der Waals surface area (Å²) in [6.45, 7) is 9.38. The van der Waals surface area contributed by atoms with E-state index in [1.54, 1.807) is 17.0 Å². The van der Waals surface area contributed by atoms with E-state index in [0.717, 1.165) is 39.2 Å². The first-order valence-electron chi connectivity index (χ1n) is 14.9. The zero-order chi connectivity index (χ0) is 32.4. The lowest BCUT2D eigenvalue weighted by Gasteiger charge is -2.37. The van der Waals surface area contributed by atoms with E-state index in [0.29, 0.717) is 34.3 Å². The molecule has 1 saturated heterocycles. The number of thiazole rings is 1. The van der Waals surface area contributed by atoms with Crippen LogP contribution in [0.1, 0.15) is 55.2 Å². The van der Waals surface area contributed by atoms with Crippen molar-refractivity contribution in [3.05, 3.63) is 75.8 Å². The number of hydrazine groups is 1. The Bertz CT molecular complexity index is 1800. The summed E-state index contributed by atoms with van der Waals surface area (Å²) in [5, 5.41) is 15.8. The van der Waals surface area contributed by atoms with Crippen molar-refractivity contribution < 1.29 is 19.4 Å². The minimum absolute atomic E-state index is 0.0353. The highest BCUT2D eigenvalue weighted by Gasteiger charge is 2.38. The number of hydrogen-bond acceptors (Lipinski definition) is 8. The fourth-order valence-corrected chi connectivity index (χ4v) is 7.60. The number of piperazine rings is 1. The maximum absolute atomic E-state index is 14.2. The second-order valence-corrected chi connectivity index (χ2v) is 14.3. The molecule has 0 saturated carbocycles. The van der Waals surface area contributed by atoms with E-state index in [1.165, 1.54) is 16.9 Å². The number of likely N-dealkylation sites (N-methyl/N-ethyl adjacent to an activating group) is 1. The van der Waals surface area contributed by atoms with Gasteiger partial charge in [0.2, 0.25) is 0 Å². The Morgan fingerprint density at radius 3 is 2.47 bits per heavy atom. The van der Waals surface area contributed by atoms with Crippen molar-refractivity contribution >= 4 is 55.8 Å². The first-order chi connectivity index (χ1) is 21.2. The molecule has 11 heteroatoms. The zero-order valence-corrected chi connectivity index (χ0v) is 28.2. The largest absolute Gasteiger partial charge is 0.479 e. The van der Waals surface area contributed by atoms with Gasteiger partial charge in [-0.25, -0.2) is 14.8 Å². The third kappa shape index (κ3) is 5.81. The van der Waals surface area contributed by atoms with Gasteiger partial charge in [-0.15, -0.1) is 0 Å². The normalized spacial score (nSPS) is 18.6. The van der Waals surface area contributed by atoms with Crippen LogP contribution >= 0.6 is 22.9 Å². The molecule has 2 atom stereocenters. The van der Waals surface area contributed by atoms with Gasteiger partial charge in [-0.3, -0.25) is 14.6 Å². The van der Waals surface area contributed by atoms with E-state index >= 15 is 0 Å². The third-order valence-electron chi connectivity index (χ3n) is 8.53. The topological polar surface area (TPSA) is 89.5 Å². The van der Waals surface area contributed by atoms with Gasteiger partial charge in [0.1, 0.15) is 6.04 Å². The summed E-state index contributed by atoms with van der Waals surface area (Å²) in [6.07, 6.45) is -1.21. The second kappa shape index (κ2) is 11.7. The average molecular weight is 648 g/mol. The van der Waals surface area contributed by atoms with Gasteiger partial charge in [-0.1, -0.05) is 47.2 Å². The van der Waals surface area contributed by atoms with Gasteiger partial charge in [-0.2, -0.15) is 0 Å². The monoisotopic (exact) mass is 647 g/mol. The highest BCUT2D eigenvalue weighted by molar-refractivity contribution is 7.23. The number of hydrogen-bond donors (Lipinski definition) is 1. The molecule has 2 aliphatic rings. The molecule has 0 aliphatic carbocycles. The number of benzene rings is 3. The molecule has 45 heavy (non-hydrogen) atoms. The summed E-state index contributed by atoms with van der Waals surface area (Å²) < 4.78 is 6.94. The Morgan fingerprint density at radius 1 is 1.09 bits per heavy atom. The average Bonchev–Trinajstić information content (AvgIpc) is 3.50. The smallest absolute Gasteiger partial charge is 0.337 e. The van der Waals surface area contributed by atoms with E-state index in [2.05, 4.69) is 27.1 Å². The predicted octanol–water partition coefficient (Wildman–Crippen LogP) is 6.68. The minimum Gasteiger partial charge on any atom is -0.479 e. The van der Waals surface area contributed by atoms with Crippen molar-refractivity contribution in [2.24, 2.45) is 0 Å². The van der Waals surface area contributed by atoms with E-state index in [4.69, 9.17) is 21.3 Å². The van der Waals surface area contributed by atoms with E-state index in [1.807, 2.05) is 73.1 Å². The van der Waals surface area contributed by atoms with Gasteiger partial charge < -0.3 is 14.9 Å². The Morgan fingerprint density at radius 2 is 1.80 bits per heavy atom. The van der Waals surface area contributed by atoms with Gasteiger partial charge in [-0.05, 0) is 81.3 Å². The lowest BCUT2D eigenvalue weighted by Crippen LogP contribution is -2.51. The number of nitrogens with zero attached hydrogens (tertiary/aromatic N) is 5. The van der Waals surface area contributed by atoms with Gasteiger partial charge in [0, 0.05) is 49.9 Å². The number of carboxylic acids is 1. The first kappa shape index (κ1) is 31.4. The quantitative estimate of drug-likeness (QED) is 0.248. The molecule has 0 spiro atoms. The Labute approximate surface area is 272 Å². The molecule has 0 radical (unpaired) electrons. The van der Waals surface area contributed by atoms with Crippen LogP contribution in [0.2, 0.25) is 5.02 Å². The number of ether oxygens (including phenoxy) is 1. The number of amides is 1. The number of halogens is 1. The summed E-state index contributed by atoms with van der Waals surface area (Å²) in [7, 11) is 6.07. The van der Waals surface area contributed by atoms with Crippen LogP contribution in [-0.2, 0) is 20.9 Å². The van der Waals surface area contributed by atoms with Crippen LogP contribution in [0.4, 0.5) is 10.8 Å². The van der Waals surface area contributed by atoms with Crippen molar-refractivity contribution in [1.29, 1.82) is 0 Å². The van der Waals surface area contributed by atoms with Crippen molar-refractivity contribution in [2.45, 2.75) is 52.0 Å². The van der Waals surface area contributed by atoms with Crippen LogP contribution in [0.3, 0.4) is 0 Å². The summed E-state index contributed by atoms with van der Waals surface area (Å²) in [6, 6.07) is 15.1. The van der Waals surface area contributed by atoms with Gasteiger partial charge in [0.25, 0.3) is 5.91 Å². The second-order valence-electron chi connectivity index (χ2n) is 12.9. The van der Waals surface area contributed by atoms with Crippen molar-refractivity contribution in [1.82, 2.24) is 14.9 Å². The lowest BCUT2D eigenvalue weighted by molar-refractivity contribution is -0.160. The highest BCUT2D eigenvalue weighted by Crippen LogP contribution is 2.45. The van der Waals surface area contributed by atoms with Gasteiger partial charge in [0.05, 0.1) is 21.5 Å². The fourth-order valence-electron chi connectivity index (χ4n) is 6.32. The van der Waals surface area contributed by atoms with Crippen molar-refractivity contribution in [3.63, 3.8) is 0 Å². The van der Waals surface area contributed by atoms with Crippen LogP contribution in [-0.4, -0.2) is 71.7 Å². The zero-order valence-electron chi connectivity index (χ0n) is 26.6. The number of carbonyl (C=O) groups is 2. The van der Waals surface area contributed by atoms with Gasteiger partial charge in [0.15, 0.2) is 11.2 Å². The summed E-state index contributed by atoms with van der Waals surface area (Å²) in [4.78, 5) is 35.8. The summed E-state index contributed by atoms with van der Waals surface area (Å²) >= 11 is 7.65. The molecule has 6 rings (SSSR count). The van der Waals surface area contributed by atoms with Crippen LogP contribution in [0.15, 0.2) is 48.5 Å². The summed E-state index contributed by atoms with van der Waals surface area (Å²) in [5.74, 6) is -1.11. The highest BCUT2D eigenvalue weighted by atomic mass is 35.5. The molecule has 1 aromatic heterocycles.